The Morgan fingerprint density at radius 1 is 1.06 bits per heavy atom. The van der Waals surface area contributed by atoms with Gasteiger partial charge in [-0.05, 0) is 63.3 Å². The number of allylic oxidation sites excluding steroid dienone is 1. The van der Waals surface area contributed by atoms with E-state index in [9.17, 15) is 14.0 Å². The smallest absolute Gasteiger partial charge is 0.254 e. The summed E-state index contributed by atoms with van der Waals surface area (Å²) >= 11 is 6.21. The zero-order valence-electron chi connectivity index (χ0n) is 21.2. The Morgan fingerprint density at radius 2 is 1.81 bits per heavy atom. The first-order chi connectivity index (χ1) is 17.2. The molecule has 2 atom stereocenters. The lowest BCUT2D eigenvalue weighted by Crippen LogP contribution is -2.49. The van der Waals surface area contributed by atoms with Gasteiger partial charge < -0.3 is 14.7 Å². The zero-order valence-corrected chi connectivity index (χ0v) is 21.9. The first-order valence-corrected chi connectivity index (χ1v) is 12.8. The Labute approximate surface area is 217 Å². The van der Waals surface area contributed by atoms with E-state index in [0.717, 1.165) is 38.2 Å². The van der Waals surface area contributed by atoms with Gasteiger partial charge in [0.15, 0.2) is 5.78 Å². The lowest BCUT2D eigenvalue weighted by atomic mass is 10.0. The van der Waals surface area contributed by atoms with Gasteiger partial charge >= 0.3 is 0 Å². The van der Waals surface area contributed by atoms with Crippen LogP contribution in [0.2, 0.25) is 5.02 Å². The monoisotopic (exact) mass is 512 g/mol. The average molecular weight is 513 g/mol. The molecule has 0 saturated carbocycles. The normalized spacial score (nSPS) is 21.1. The molecule has 0 bridgehead atoms. The Morgan fingerprint density at radius 3 is 2.47 bits per heavy atom. The summed E-state index contributed by atoms with van der Waals surface area (Å²) in [5.74, 6) is -0.587. The number of piperazine rings is 1. The van der Waals surface area contributed by atoms with E-state index in [-0.39, 0.29) is 23.5 Å². The van der Waals surface area contributed by atoms with Gasteiger partial charge in [-0.2, -0.15) is 0 Å². The van der Waals surface area contributed by atoms with Crippen molar-refractivity contribution in [3.63, 3.8) is 0 Å². The molecule has 36 heavy (non-hydrogen) atoms. The van der Waals surface area contributed by atoms with Crippen LogP contribution in [-0.2, 0) is 6.54 Å². The van der Waals surface area contributed by atoms with Crippen molar-refractivity contribution in [1.29, 1.82) is 0 Å². The second-order valence-corrected chi connectivity index (χ2v) is 10.4. The van der Waals surface area contributed by atoms with Crippen molar-refractivity contribution in [1.82, 2.24) is 19.6 Å². The zero-order chi connectivity index (χ0) is 25.8. The molecule has 0 aromatic heterocycles. The van der Waals surface area contributed by atoms with Crippen LogP contribution in [0.1, 0.15) is 39.6 Å². The largest absolute Gasteiger partial charge is 0.372 e. The number of rotatable bonds is 7. The summed E-state index contributed by atoms with van der Waals surface area (Å²) in [5.41, 5.74) is 1.81. The molecule has 2 aromatic rings. The molecule has 4 rings (SSSR count). The molecule has 2 aliphatic rings. The first-order valence-electron chi connectivity index (χ1n) is 12.4. The fourth-order valence-corrected chi connectivity index (χ4v) is 5.11. The number of likely N-dealkylation sites (tertiary alicyclic amines) is 1. The summed E-state index contributed by atoms with van der Waals surface area (Å²) in [7, 11) is 4.03. The minimum absolute atomic E-state index is 0.152. The third-order valence-electron chi connectivity index (χ3n) is 7.16. The van der Waals surface area contributed by atoms with Crippen LogP contribution >= 0.6 is 11.6 Å². The molecule has 2 saturated heterocycles. The molecule has 192 valence electrons. The molecular weight excluding hydrogens is 479 g/mol. The number of likely N-dealkylation sites (N-methyl/N-ethyl adjacent to an activating group) is 1. The number of carbonyl (C=O) groups is 2. The highest BCUT2D eigenvalue weighted by atomic mass is 35.5. The second-order valence-electron chi connectivity index (χ2n) is 9.98. The third kappa shape index (κ3) is 6.33. The van der Waals surface area contributed by atoms with Gasteiger partial charge in [0.05, 0.1) is 5.56 Å². The standard InChI is InChI=1S/C28H34ClFN4O2/c1-20-17-32(18-21-4-7-23(30)8-5-21)14-15-33(20)13-11-27(35)25-9-6-22(29)16-26(25)28(36)34-12-10-24(19-34)31(2)3/h4-9,11,13,16,20,24H,10,12,14-15,17-19H2,1-3H3/t20-,24+/m1/s1. The van der Waals surface area contributed by atoms with Crippen molar-refractivity contribution < 1.29 is 14.0 Å². The fraction of sp³-hybridized carbons (Fsp3) is 0.429. The first kappa shape index (κ1) is 26.3. The number of benzene rings is 2. The van der Waals surface area contributed by atoms with Crippen molar-refractivity contribution in [3.05, 3.63) is 82.3 Å². The lowest BCUT2D eigenvalue weighted by molar-refractivity contribution is 0.0778. The minimum atomic E-state index is -0.226. The summed E-state index contributed by atoms with van der Waals surface area (Å²) in [6, 6.07) is 12.0. The predicted octanol–water partition coefficient (Wildman–Crippen LogP) is 4.16. The molecule has 0 aliphatic carbocycles. The van der Waals surface area contributed by atoms with E-state index in [0.29, 0.717) is 35.3 Å². The van der Waals surface area contributed by atoms with Crippen LogP contribution in [-0.4, -0.2) is 90.2 Å². The van der Waals surface area contributed by atoms with E-state index >= 15 is 0 Å². The van der Waals surface area contributed by atoms with Crippen LogP contribution in [0, 0.1) is 5.82 Å². The Hall–Kier alpha value is -2.74. The second kappa shape index (κ2) is 11.5. The average Bonchev–Trinajstić information content (AvgIpc) is 3.35. The maximum Gasteiger partial charge on any atom is 0.254 e. The van der Waals surface area contributed by atoms with E-state index in [2.05, 4.69) is 21.6 Å². The number of halogens is 2. The molecule has 0 spiro atoms. The molecule has 2 aromatic carbocycles. The highest BCUT2D eigenvalue weighted by Gasteiger charge is 2.30. The van der Waals surface area contributed by atoms with Crippen molar-refractivity contribution >= 4 is 23.3 Å². The molecule has 2 heterocycles. The van der Waals surface area contributed by atoms with Gasteiger partial charge in [0.25, 0.3) is 5.91 Å². The van der Waals surface area contributed by atoms with Gasteiger partial charge in [-0.25, -0.2) is 4.39 Å². The molecular formula is C28H34ClFN4O2. The lowest BCUT2D eigenvalue weighted by Gasteiger charge is -2.39. The summed E-state index contributed by atoms with van der Waals surface area (Å²) in [4.78, 5) is 34.9. The maximum absolute atomic E-state index is 13.3. The van der Waals surface area contributed by atoms with Crippen LogP contribution in [0.5, 0.6) is 0 Å². The van der Waals surface area contributed by atoms with Gasteiger partial charge in [-0.3, -0.25) is 14.5 Å². The van der Waals surface area contributed by atoms with E-state index < -0.39 is 0 Å². The Kier molecular flexibility index (Phi) is 8.44. The quantitative estimate of drug-likeness (QED) is 0.412. The third-order valence-corrected chi connectivity index (χ3v) is 7.39. The molecule has 1 amide bonds. The summed E-state index contributed by atoms with van der Waals surface area (Å²) in [6.07, 6.45) is 4.30. The van der Waals surface area contributed by atoms with Crippen molar-refractivity contribution in [2.45, 2.75) is 32.0 Å². The van der Waals surface area contributed by atoms with E-state index in [1.54, 1.807) is 29.2 Å². The maximum atomic E-state index is 13.3. The predicted molar refractivity (Wildman–Crippen MR) is 141 cm³/mol. The van der Waals surface area contributed by atoms with Crippen LogP contribution in [0.15, 0.2) is 54.7 Å². The number of amides is 1. The van der Waals surface area contributed by atoms with Gasteiger partial charge in [0.1, 0.15) is 5.82 Å². The topological polar surface area (TPSA) is 47.1 Å². The van der Waals surface area contributed by atoms with Crippen molar-refractivity contribution in [2.75, 3.05) is 46.8 Å². The van der Waals surface area contributed by atoms with Crippen LogP contribution in [0.4, 0.5) is 4.39 Å². The van der Waals surface area contributed by atoms with Crippen LogP contribution in [0.3, 0.4) is 0 Å². The number of ketones is 1. The van der Waals surface area contributed by atoms with Gasteiger partial charge in [-0.1, -0.05) is 23.7 Å². The highest BCUT2D eigenvalue weighted by molar-refractivity contribution is 6.31. The number of carbonyl (C=O) groups excluding carboxylic acids is 2. The van der Waals surface area contributed by atoms with Gasteiger partial charge in [0.2, 0.25) is 0 Å². The van der Waals surface area contributed by atoms with Gasteiger partial charge in [0, 0.05) is 74.2 Å². The van der Waals surface area contributed by atoms with Crippen LogP contribution < -0.4 is 0 Å². The molecule has 8 heteroatoms. The minimum Gasteiger partial charge on any atom is -0.372 e. The Bertz CT molecular complexity index is 1120. The highest BCUT2D eigenvalue weighted by Crippen LogP contribution is 2.23. The van der Waals surface area contributed by atoms with Crippen LogP contribution in [0.25, 0.3) is 0 Å². The van der Waals surface area contributed by atoms with Crippen molar-refractivity contribution in [3.8, 4) is 0 Å². The SMILES string of the molecule is C[C@@H]1CN(Cc2ccc(F)cc2)CCN1C=CC(=O)c1ccc(Cl)cc1C(=O)N1CC[C@H](N(C)C)C1. The number of hydrogen-bond acceptors (Lipinski definition) is 5. The molecule has 2 aliphatic heterocycles. The molecule has 0 N–H and O–H groups in total. The molecule has 2 fully saturated rings. The van der Waals surface area contributed by atoms with Gasteiger partial charge in [-0.15, -0.1) is 0 Å². The van der Waals surface area contributed by atoms with E-state index in [1.165, 1.54) is 12.1 Å². The Balaban J connectivity index is 1.40. The molecule has 0 unspecified atom stereocenters. The summed E-state index contributed by atoms with van der Waals surface area (Å²) in [6.45, 7) is 6.65. The van der Waals surface area contributed by atoms with E-state index in [1.807, 2.05) is 32.4 Å². The summed E-state index contributed by atoms with van der Waals surface area (Å²) < 4.78 is 13.2. The van der Waals surface area contributed by atoms with Crippen molar-refractivity contribution in [2.24, 2.45) is 0 Å². The fourth-order valence-electron chi connectivity index (χ4n) is 4.94. The number of nitrogens with zero attached hydrogens (tertiary/aromatic N) is 4. The van der Waals surface area contributed by atoms with E-state index in [4.69, 9.17) is 11.6 Å². The molecule has 0 radical (unpaired) electrons. The molecule has 6 nitrogen and oxygen atoms in total. The number of hydrogen-bond donors (Lipinski definition) is 0. The summed E-state index contributed by atoms with van der Waals surface area (Å²) in [5, 5.41) is 0.438.